The third kappa shape index (κ3) is 4.35. The maximum atomic E-state index is 14.9. The van der Waals surface area contributed by atoms with Crippen molar-refractivity contribution in [3.05, 3.63) is 53.3 Å². The number of aromatic nitrogens is 4. The van der Waals surface area contributed by atoms with Crippen molar-refractivity contribution in [2.24, 2.45) is 0 Å². The van der Waals surface area contributed by atoms with E-state index >= 15 is 0 Å². The highest BCUT2D eigenvalue weighted by Crippen LogP contribution is 2.46. The molecule has 32 heavy (non-hydrogen) atoms. The molecule has 9 nitrogen and oxygen atoms in total. The van der Waals surface area contributed by atoms with Crippen LogP contribution in [0.1, 0.15) is 44.1 Å². The Bertz CT molecular complexity index is 1220. The van der Waals surface area contributed by atoms with Crippen LogP contribution in [0.25, 0.3) is 0 Å². The molecule has 2 heterocycles. The van der Waals surface area contributed by atoms with Crippen LogP contribution >= 0.6 is 11.6 Å². The van der Waals surface area contributed by atoms with Crippen molar-refractivity contribution in [2.75, 3.05) is 10.5 Å². The first kappa shape index (κ1) is 22.3. The van der Waals surface area contributed by atoms with E-state index in [1.807, 2.05) is 6.92 Å². The number of nitrogens with one attached hydrogen (secondary N) is 2. The maximum absolute atomic E-state index is 14.9. The predicted molar refractivity (Wildman–Crippen MR) is 117 cm³/mol. The highest BCUT2D eigenvalue weighted by Gasteiger charge is 2.41. The number of hydrogen-bond donors (Lipinski definition) is 3. The Labute approximate surface area is 189 Å². The Morgan fingerprint density at radius 3 is 2.88 bits per heavy atom. The lowest BCUT2D eigenvalue weighted by Gasteiger charge is -2.41. The topological polar surface area (TPSA) is 136 Å². The zero-order valence-electron chi connectivity index (χ0n) is 17.2. The van der Waals surface area contributed by atoms with E-state index in [2.05, 4.69) is 24.9 Å². The molecule has 170 valence electrons. The van der Waals surface area contributed by atoms with E-state index in [-0.39, 0.29) is 22.5 Å². The number of H-pyrrole nitrogens is 1. The van der Waals surface area contributed by atoms with Crippen molar-refractivity contribution in [3.8, 4) is 5.75 Å². The number of nitrogens with zero attached hydrogens (tertiary/aromatic N) is 3. The summed E-state index contributed by atoms with van der Waals surface area (Å²) in [5.74, 6) is -0.629. The van der Waals surface area contributed by atoms with E-state index in [9.17, 15) is 12.8 Å². The molecule has 4 rings (SSSR count). The molecule has 2 aromatic heterocycles. The lowest BCUT2D eigenvalue weighted by atomic mass is 9.73. The second kappa shape index (κ2) is 8.55. The smallest absolute Gasteiger partial charge is 0.266 e. The molecule has 3 aromatic rings. The lowest BCUT2D eigenvalue weighted by Crippen LogP contribution is -2.42. The van der Waals surface area contributed by atoms with Gasteiger partial charge in [0.25, 0.3) is 10.0 Å². The van der Waals surface area contributed by atoms with Crippen LogP contribution in [0.3, 0.4) is 0 Å². The molecule has 1 aromatic carbocycles. The molecular formula is C20H22ClFN6O3S. The van der Waals surface area contributed by atoms with Gasteiger partial charge in [0.15, 0.2) is 0 Å². The third-order valence-electron chi connectivity index (χ3n) is 5.67. The molecule has 0 saturated heterocycles. The van der Waals surface area contributed by atoms with Crippen molar-refractivity contribution in [3.63, 3.8) is 0 Å². The number of benzene rings is 1. The van der Waals surface area contributed by atoms with Gasteiger partial charge in [-0.1, -0.05) is 18.0 Å². The van der Waals surface area contributed by atoms with Crippen molar-refractivity contribution in [1.82, 2.24) is 20.2 Å². The number of sulfonamides is 1. The molecule has 4 N–H and O–H groups in total. The largest absolute Gasteiger partial charge is 0.485 e. The summed E-state index contributed by atoms with van der Waals surface area (Å²) in [6.07, 6.45) is 7.68. The summed E-state index contributed by atoms with van der Waals surface area (Å²) < 4.78 is 48.6. The third-order valence-corrected chi connectivity index (χ3v) is 7.33. The minimum atomic E-state index is -4.27. The Morgan fingerprint density at radius 2 is 2.19 bits per heavy atom. The molecule has 1 aliphatic carbocycles. The van der Waals surface area contributed by atoms with E-state index in [0.717, 1.165) is 37.0 Å². The summed E-state index contributed by atoms with van der Waals surface area (Å²) >= 11 is 6.34. The number of nitrogen functional groups attached to an aromatic ring is 1. The molecule has 0 spiro atoms. The van der Waals surface area contributed by atoms with Crippen LogP contribution in [0.5, 0.6) is 5.75 Å². The van der Waals surface area contributed by atoms with Crippen LogP contribution in [-0.4, -0.2) is 34.2 Å². The van der Waals surface area contributed by atoms with Gasteiger partial charge in [0.1, 0.15) is 40.0 Å². The van der Waals surface area contributed by atoms with Gasteiger partial charge in [-0.3, -0.25) is 9.82 Å². The minimum Gasteiger partial charge on any atom is -0.485 e. The number of anilines is 2. The van der Waals surface area contributed by atoms with Gasteiger partial charge in [-0.25, -0.2) is 22.8 Å². The Morgan fingerprint density at radius 1 is 1.38 bits per heavy atom. The first-order valence-corrected chi connectivity index (χ1v) is 11.8. The number of nitrogens with two attached hydrogens (primary N) is 1. The maximum Gasteiger partial charge on any atom is 0.266 e. The summed E-state index contributed by atoms with van der Waals surface area (Å²) in [4.78, 5) is 6.88. The number of aromatic amines is 1. The van der Waals surface area contributed by atoms with Crippen LogP contribution in [0, 0.1) is 5.82 Å². The molecular weight excluding hydrogens is 459 g/mol. The Hall–Kier alpha value is -2.92. The van der Waals surface area contributed by atoms with Gasteiger partial charge in [0.05, 0.1) is 5.02 Å². The number of ether oxygens (including phenoxy) is 1. The quantitative estimate of drug-likeness (QED) is 0.487. The number of rotatable bonds is 6. The molecule has 0 radical (unpaired) electrons. The molecule has 0 aliphatic heterocycles. The van der Waals surface area contributed by atoms with E-state index in [1.54, 1.807) is 6.20 Å². The van der Waals surface area contributed by atoms with Crippen LogP contribution in [0.15, 0.2) is 41.8 Å². The molecule has 0 amide bonds. The van der Waals surface area contributed by atoms with Gasteiger partial charge in [-0.15, -0.1) is 0 Å². The van der Waals surface area contributed by atoms with Gasteiger partial charge >= 0.3 is 0 Å². The fourth-order valence-electron chi connectivity index (χ4n) is 4.09. The SMILES string of the molecule is C[C@]1(Oc2cc(F)c(S(=O)(=O)Nc3ccncn3)cc2Cl)CCCC[C@@H]1c1c[nH]nc1N. The highest BCUT2D eigenvalue weighted by atomic mass is 35.5. The number of halogens is 2. The summed E-state index contributed by atoms with van der Waals surface area (Å²) in [5.41, 5.74) is 6.10. The van der Waals surface area contributed by atoms with Crippen LogP contribution < -0.4 is 15.2 Å². The molecule has 0 bridgehead atoms. The van der Waals surface area contributed by atoms with Crippen molar-refractivity contribution in [2.45, 2.75) is 49.0 Å². The monoisotopic (exact) mass is 480 g/mol. The average molecular weight is 481 g/mol. The molecule has 1 fully saturated rings. The van der Waals surface area contributed by atoms with Gasteiger partial charge in [0.2, 0.25) is 0 Å². The van der Waals surface area contributed by atoms with E-state index < -0.39 is 26.3 Å². The summed E-state index contributed by atoms with van der Waals surface area (Å²) in [5, 5.41) is 6.73. The zero-order chi connectivity index (χ0) is 22.9. The van der Waals surface area contributed by atoms with Gasteiger partial charge < -0.3 is 10.5 Å². The highest BCUT2D eigenvalue weighted by molar-refractivity contribution is 7.92. The molecule has 1 aliphatic rings. The molecule has 0 unspecified atom stereocenters. The van der Waals surface area contributed by atoms with Crippen LogP contribution in [-0.2, 0) is 10.0 Å². The van der Waals surface area contributed by atoms with Gasteiger partial charge in [0, 0.05) is 29.9 Å². The molecule has 12 heteroatoms. The summed E-state index contributed by atoms with van der Waals surface area (Å²) in [6.45, 7) is 1.92. The Kier molecular flexibility index (Phi) is 5.95. The van der Waals surface area contributed by atoms with E-state index in [4.69, 9.17) is 22.1 Å². The average Bonchev–Trinajstić information content (AvgIpc) is 3.16. The molecule has 2 atom stereocenters. The first-order valence-electron chi connectivity index (χ1n) is 9.96. The fraction of sp³-hybridized carbons (Fsp3) is 0.350. The first-order chi connectivity index (χ1) is 15.2. The van der Waals surface area contributed by atoms with Crippen molar-refractivity contribution in [1.29, 1.82) is 0 Å². The summed E-state index contributed by atoms with van der Waals surface area (Å²) in [6, 6.07) is 3.37. The van der Waals surface area contributed by atoms with Crippen LogP contribution in [0.2, 0.25) is 5.02 Å². The fourth-order valence-corrected chi connectivity index (χ4v) is 5.45. The minimum absolute atomic E-state index is 0.00566. The lowest BCUT2D eigenvalue weighted by molar-refractivity contribution is 0.0260. The van der Waals surface area contributed by atoms with Gasteiger partial charge in [-0.2, -0.15) is 5.10 Å². The van der Waals surface area contributed by atoms with Crippen LogP contribution in [0.4, 0.5) is 16.0 Å². The molecule has 1 saturated carbocycles. The zero-order valence-corrected chi connectivity index (χ0v) is 18.8. The van der Waals surface area contributed by atoms with Gasteiger partial charge in [-0.05, 0) is 38.3 Å². The Balaban J connectivity index is 1.64. The predicted octanol–water partition coefficient (Wildman–Crippen LogP) is 3.87. The summed E-state index contributed by atoms with van der Waals surface area (Å²) in [7, 11) is -4.27. The van der Waals surface area contributed by atoms with E-state index in [0.29, 0.717) is 12.2 Å². The number of hydrogen-bond acceptors (Lipinski definition) is 7. The second-order valence-electron chi connectivity index (χ2n) is 7.85. The van der Waals surface area contributed by atoms with Crippen molar-refractivity contribution >= 4 is 33.3 Å². The standard InChI is InChI=1S/C20H22ClFN6O3S/c1-20(6-3-2-4-13(20)12-10-26-27-19(12)23)31-16-9-15(22)17(8-14(16)21)32(29,30)28-18-5-7-24-11-25-18/h5,7-11,13H,2-4,6H2,1H3,(H3,23,26,27)(H,24,25,28)/t13-,20+/m1/s1. The second-order valence-corrected chi connectivity index (χ2v) is 9.91. The van der Waals surface area contributed by atoms with E-state index in [1.165, 1.54) is 18.6 Å². The van der Waals surface area contributed by atoms with Crippen molar-refractivity contribution < 1.29 is 17.5 Å². The normalized spacial score (nSPS) is 21.3.